The van der Waals surface area contributed by atoms with Crippen LogP contribution in [0.1, 0.15) is 27.7 Å². The third kappa shape index (κ3) is 3.81. The van der Waals surface area contributed by atoms with Crippen molar-refractivity contribution in [2.75, 3.05) is 0 Å². The van der Waals surface area contributed by atoms with E-state index in [1.807, 2.05) is 27.7 Å². The van der Waals surface area contributed by atoms with Gasteiger partial charge >= 0.3 is 83.7 Å². The van der Waals surface area contributed by atoms with E-state index in [0.29, 0.717) is 0 Å². The van der Waals surface area contributed by atoms with Gasteiger partial charge in [0.2, 0.25) is 0 Å². The Balaban J connectivity index is 5.39. The summed E-state index contributed by atoms with van der Waals surface area (Å²) in [6.45, 7) is 7.25. The molecule has 0 unspecified atom stereocenters. The first-order chi connectivity index (χ1) is 6.24. The van der Waals surface area contributed by atoms with Gasteiger partial charge in [-0.05, 0) is 0 Å². The van der Waals surface area contributed by atoms with Gasteiger partial charge in [0.15, 0.2) is 0 Å². The maximum atomic E-state index is 3.12. The molecule has 0 atom stereocenters. The van der Waals surface area contributed by atoms with Crippen molar-refractivity contribution < 1.29 is 0 Å². The molecule has 0 N–H and O–H groups in total. The van der Waals surface area contributed by atoms with E-state index in [1.54, 1.807) is 0 Å². The van der Waals surface area contributed by atoms with E-state index in [-0.39, 0.29) is 0 Å². The van der Waals surface area contributed by atoms with E-state index in [4.69, 9.17) is 0 Å². The first kappa shape index (κ1) is 11.8. The van der Waals surface area contributed by atoms with Gasteiger partial charge in [-0.25, -0.2) is 0 Å². The van der Waals surface area contributed by atoms with Crippen LogP contribution in [-0.4, -0.2) is 13.3 Å². The Morgan fingerprint density at radius 2 is 0.769 bits per heavy atom. The van der Waals surface area contributed by atoms with E-state index in [9.17, 15) is 0 Å². The monoisotopic (exact) mass is 230 g/mol. The minimum atomic E-state index is -2.76. The van der Waals surface area contributed by atoms with Crippen LogP contribution in [0, 0.1) is 42.7 Å². The van der Waals surface area contributed by atoms with Gasteiger partial charge in [-0.15, -0.1) is 0 Å². The fourth-order valence-corrected chi connectivity index (χ4v) is 4.87. The number of rotatable bonds is 0. The van der Waals surface area contributed by atoms with E-state index in [0.717, 1.165) is 0 Å². The van der Waals surface area contributed by atoms with Crippen LogP contribution in [0.5, 0.6) is 0 Å². The van der Waals surface area contributed by atoms with Crippen LogP contribution in [0.3, 0.4) is 0 Å². The average Bonchev–Trinajstić information content (AvgIpc) is 2.06. The van der Waals surface area contributed by atoms with Crippen LogP contribution in [0.2, 0.25) is 0 Å². The molecule has 1 heteroatoms. The molecule has 0 fully saturated rings. The fraction of sp³-hybridized carbons (Fsp3) is 0.333. The van der Waals surface area contributed by atoms with Gasteiger partial charge in [-0.3, -0.25) is 0 Å². The molecule has 0 aliphatic rings. The van der Waals surface area contributed by atoms with E-state index < -0.39 is 13.3 Å². The second-order valence-electron chi connectivity index (χ2n) is 2.25. The fourth-order valence-electron chi connectivity index (χ4n) is 0.938. The Bertz CT molecular complexity index is 313. The standard InChI is InChI=1S/C12H12Ge/c1-5-9-13(10-6-2,11-7-3)12-8-4/h1-4H3. The van der Waals surface area contributed by atoms with Gasteiger partial charge in [0.1, 0.15) is 0 Å². The second-order valence-corrected chi connectivity index (χ2v) is 7.50. The van der Waals surface area contributed by atoms with Crippen molar-refractivity contribution in [2.24, 2.45) is 0 Å². The zero-order valence-electron chi connectivity index (χ0n) is 8.50. The normalized spacial score (nSPS) is 7.08. The molecule has 0 rings (SSSR count). The Morgan fingerprint density at radius 1 is 0.538 bits per heavy atom. The molecule has 0 aliphatic heterocycles. The second kappa shape index (κ2) is 6.32. The summed E-state index contributed by atoms with van der Waals surface area (Å²) in [7, 11) is 0. The van der Waals surface area contributed by atoms with Crippen LogP contribution in [-0.2, 0) is 0 Å². The molecule has 64 valence electrons. The molecule has 0 saturated heterocycles. The molecular weight excluding hydrogens is 217 g/mol. The van der Waals surface area contributed by atoms with Crippen molar-refractivity contribution >= 4 is 13.3 Å². The summed E-state index contributed by atoms with van der Waals surface area (Å²) in [5, 5.41) is 0. The molecule has 0 aliphatic carbocycles. The van der Waals surface area contributed by atoms with E-state index in [1.165, 1.54) is 0 Å². The molecule has 0 spiro atoms. The molecule has 13 heavy (non-hydrogen) atoms. The molecule has 0 aromatic heterocycles. The molecule has 0 bridgehead atoms. The molecule has 0 nitrogen and oxygen atoms in total. The average molecular weight is 229 g/mol. The first-order valence-corrected chi connectivity index (χ1v) is 8.20. The SMILES string of the molecule is CC#[C][Ge]([C]#CC)([C]#CC)[C]#CC. The van der Waals surface area contributed by atoms with Crippen LogP contribution in [0.25, 0.3) is 0 Å². The number of hydrogen-bond acceptors (Lipinski definition) is 0. The molecular formula is C12H12Ge. The Hall–Kier alpha value is -1.22. The third-order valence-corrected chi connectivity index (χ3v) is 6.50. The maximum absolute atomic E-state index is 3.12. The van der Waals surface area contributed by atoms with Gasteiger partial charge in [-0.2, -0.15) is 0 Å². The van der Waals surface area contributed by atoms with Crippen LogP contribution in [0.15, 0.2) is 0 Å². The van der Waals surface area contributed by atoms with Crippen molar-refractivity contribution in [2.45, 2.75) is 27.7 Å². The molecule has 0 aromatic carbocycles. The molecule has 0 radical (unpaired) electrons. The summed E-state index contributed by atoms with van der Waals surface area (Å²) >= 11 is -2.76. The van der Waals surface area contributed by atoms with E-state index >= 15 is 0 Å². The van der Waals surface area contributed by atoms with Crippen molar-refractivity contribution in [3.63, 3.8) is 0 Å². The van der Waals surface area contributed by atoms with Crippen molar-refractivity contribution in [1.29, 1.82) is 0 Å². The molecule has 0 saturated carbocycles. The Labute approximate surface area is 83.9 Å². The van der Waals surface area contributed by atoms with Gasteiger partial charge in [0.25, 0.3) is 0 Å². The Morgan fingerprint density at radius 3 is 0.923 bits per heavy atom. The summed E-state index contributed by atoms with van der Waals surface area (Å²) in [5.74, 6) is 11.6. The van der Waals surface area contributed by atoms with Crippen molar-refractivity contribution in [1.82, 2.24) is 0 Å². The zero-order chi connectivity index (χ0) is 10.2. The van der Waals surface area contributed by atoms with Gasteiger partial charge in [0, 0.05) is 0 Å². The van der Waals surface area contributed by atoms with Crippen molar-refractivity contribution in [3.8, 4) is 42.7 Å². The summed E-state index contributed by atoms with van der Waals surface area (Å²) in [4.78, 5) is 0. The minimum absolute atomic E-state index is 1.81. The van der Waals surface area contributed by atoms with Gasteiger partial charge in [0.05, 0.1) is 0 Å². The van der Waals surface area contributed by atoms with Gasteiger partial charge < -0.3 is 0 Å². The first-order valence-electron chi connectivity index (χ1n) is 4.00. The topological polar surface area (TPSA) is 0 Å². The number of hydrogen-bond donors (Lipinski definition) is 0. The molecule has 0 aromatic rings. The summed E-state index contributed by atoms with van der Waals surface area (Å²) in [6.07, 6.45) is 0. The predicted octanol–water partition coefficient (Wildman–Crippen LogP) is 1.69. The van der Waals surface area contributed by atoms with E-state index in [2.05, 4.69) is 42.7 Å². The van der Waals surface area contributed by atoms with Crippen LogP contribution < -0.4 is 0 Å². The molecule has 0 amide bonds. The van der Waals surface area contributed by atoms with Crippen LogP contribution >= 0.6 is 0 Å². The zero-order valence-corrected chi connectivity index (χ0v) is 10.6. The van der Waals surface area contributed by atoms with Crippen molar-refractivity contribution in [3.05, 3.63) is 0 Å². The Kier molecular flexibility index (Phi) is 5.72. The van der Waals surface area contributed by atoms with Gasteiger partial charge in [-0.1, -0.05) is 0 Å². The van der Waals surface area contributed by atoms with Crippen LogP contribution in [0.4, 0.5) is 0 Å². The summed E-state index contributed by atoms with van der Waals surface area (Å²) < 4.78 is 12.5. The summed E-state index contributed by atoms with van der Waals surface area (Å²) in [6, 6.07) is 0. The molecule has 0 heterocycles. The predicted molar refractivity (Wildman–Crippen MR) is 59.6 cm³/mol. The summed E-state index contributed by atoms with van der Waals surface area (Å²) in [5.41, 5.74) is 0. The third-order valence-electron chi connectivity index (χ3n) is 1.25. The quantitative estimate of drug-likeness (QED) is 0.437.